The van der Waals surface area contributed by atoms with Crippen molar-refractivity contribution in [2.45, 2.75) is 26.4 Å². The zero-order valence-corrected chi connectivity index (χ0v) is 10.8. The van der Waals surface area contributed by atoms with E-state index >= 15 is 0 Å². The number of anilines is 1. The molecule has 0 aromatic heterocycles. The number of rotatable bonds is 3. The van der Waals surface area contributed by atoms with Crippen LogP contribution < -0.4 is 10.6 Å². The first kappa shape index (κ1) is 14.0. The lowest BCUT2D eigenvalue weighted by atomic mass is 10.2. The fourth-order valence-electron chi connectivity index (χ4n) is 1.20. The Morgan fingerprint density at radius 2 is 1.78 bits per heavy atom. The van der Waals surface area contributed by atoms with Crippen LogP contribution in [-0.4, -0.2) is 24.1 Å². The van der Waals surface area contributed by atoms with Gasteiger partial charge in [-0.25, -0.2) is 4.79 Å². The van der Waals surface area contributed by atoms with E-state index in [0.717, 1.165) is 5.69 Å². The fraction of sp³-hybridized carbons (Fsp3) is 0.385. The molecule has 5 heteroatoms. The maximum atomic E-state index is 11.4. The van der Waals surface area contributed by atoms with Crippen LogP contribution in [-0.2, 0) is 9.53 Å². The zero-order chi connectivity index (χ0) is 13.6. The Hall–Kier alpha value is -2.04. The molecule has 2 amide bonds. The normalized spacial score (nSPS) is 10.6. The van der Waals surface area contributed by atoms with Crippen molar-refractivity contribution in [2.75, 3.05) is 11.9 Å². The van der Waals surface area contributed by atoms with E-state index in [1.54, 1.807) is 20.8 Å². The number of carbonyl (C=O) groups excluding carboxylic acids is 2. The van der Waals surface area contributed by atoms with Gasteiger partial charge in [-0.1, -0.05) is 18.2 Å². The first-order valence-electron chi connectivity index (χ1n) is 5.68. The molecule has 1 rings (SSSR count). The Kier molecular flexibility index (Phi) is 4.71. The van der Waals surface area contributed by atoms with E-state index in [9.17, 15) is 9.59 Å². The average Bonchev–Trinajstić information content (AvgIpc) is 2.25. The van der Waals surface area contributed by atoms with Crippen molar-refractivity contribution in [2.24, 2.45) is 0 Å². The molecule has 0 aliphatic carbocycles. The van der Waals surface area contributed by atoms with E-state index in [2.05, 4.69) is 10.6 Å². The average molecular weight is 250 g/mol. The van der Waals surface area contributed by atoms with Crippen LogP contribution in [0.15, 0.2) is 30.3 Å². The van der Waals surface area contributed by atoms with Crippen molar-refractivity contribution in [3.05, 3.63) is 30.3 Å². The van der Waals surface area contributed by atoms with Gasteiger partial charge < -0.3 is 10.1 Å². The number of carbonyl (C=O) groups is 2. The molecule has 1 aromatic carbocycles. The number of para-hydroxylation sites is 1. The summed E-state index contributed by atoms with van der Waals surface area (Å²) in [6.07, 6.45) is -0.734. The molecule has 1 aromatic rings. The van der Waals surface area contributed by atoms with Crippen LogP contribution in [0, 0.1) is 0 Å². The van der Waals surface area contributed by atoms with Gasteiger partial charge in [0, 0.05) is 5.69 Å². The number of imide groups is 1. The van der Waals surface area contributed by atoms with Gasteiger partial charge in [0.15, 0.2) is 0 Å². The smallest absolute Gasteiger partial charge is 0.414 e. The molecule has 0 saturated heterocycles. The van der Waals surface area contributed by atoms with Gasteiger partial charge in [-0.2, -0.15) is 0 Å². The van der Waals surface area contributed by atoms with E-state index in [0.29, 0.717) is 0 Å². The summed E-state index contributed by atoms with van der Waals surface area (Å²) in [5, 5.41) is 5.04. The van der Waals surface area contributed by atoms with Gasteiger partial charge in [-0.15, -0.1) is 0 Å². The van der Waals surface area contributed by atoms with Crippen LogP contribution >= 0.6 is 0 Å². The Balaban J connectivity index is 2.32. The van der Waals surface area contributed by atoms with Crippen LogP contribution in [0.2, 0.25) is 0 Å². The standard InChI is InChI=1S/C13H18N2O3/c1-13(2,3)18-12(17)15-11(16)9-14-10-7-5-4-6-8-10/h4-8,14H,9H2,1-3H3,(H,15,16,17). The summed E-state index contributed by atoms with van der Waals surface area (Å²) >= 11 is 0. The highest BCUT2D eigenvalue weighted by atomic mass is 16.6. The number of benzene rings is 1. The highest BCUT2D eigenvalue weighted by Gasteiger charge is 2.17. The predicted octanol–water partition coefficient (Wildman–Crippen LogP) is 2.15. The summed E-state index contributed by atoms with van der Waals surface area (Å²) in [5.74, 6) is -0.437. The molecule has 18 heavy (non-hydrogen) atoms. The van der Waals surface area contributed by atoms with Gasteiger partial charge in [-0.3, -0.25) is 10.1 Å². The molecule has 98 valence electrons. The van der Waals surface area contributed by atoms with E-state index in [1.165, 1.54) is 0 Å². The van der Waals surface area contributed by atoms with Gasteiger partial charge in [-0.05, 0) is 32.9 Å². The second-order valence-electron chi connectivity index (χ2n) is 4.77. The summed E-state index contributed by atoms with van der Waals surface area (Å²) in [5.41, 5.74) is 0.203. The van der Waals surface area contributed by atoms with E-state index in [1.807, 2.05) is 30.3 Å². The monoisotopic (exact) mass is 250 g/mol. The number of hydrogen-bond acceptors (Lipinski definition) is 4. The minimum atomic E-state index is -0.734. The van der Waals surface area contributed by atoms with Gasteiger partial charge in [0.2, 0.25) is 5.91 Å². The minimum absolute atomic E-state index is 0.0171. The number of hydrogen-bond donors (Lipinski definition) is 2. The number of ether oxygens (including phenoxy) is 1. The van der Waals surface area contributed by atoms with Crippen LogP contribution in [0.1, 0.15) is 20.8 Å². The molecule has 0 unspecified atom stereocenters. The molecule has 0 atom stereocenters. The Morgan fingerprint density at radius 1 is 1.17 bits per heavy atom. The van der Waals surface area contributed by atoms with E-state index in [-0.39, 0.29) is 6.54 Å². The summed E-state index contributed by atoms with van der Waals surface area (Å²) in [6.45, 7) is 5.22. The third kappa shape index (κ3) is 5.89. The molecule has 0 saturated carbocycles. The molecule has 0 radical (unpaired) electrons. The van der Waals surface area contributed by atoms with Crippen molar-refractivity contribution in [1.82, 2.24) is 5.32 Å². The van der Waals surface area contributed by atoms with Gasteiger partial charge >= 0.3 is 6.09 Å². The summed E-state index contributed by atoms with van der Waals surface area (Å²) in [6, 6.07) is 9.26. The first-order valence-corrected chi connectivity index (χ1v) is 5.68. The quantitative estimate of drug-likeness (QED) is 0.862. The Labute approximate surface area is 107 Å². The lowest BCUT2D eigenvalue weighted by Gasteiger charge is -2.19. The van der Waals surface area contributed by atoms with Gasteiger partial charge in [0.1, 0.15) is 5.60 Å². The highest BCUT2D eigenvalue weighted by Crippen LogP contribution is 2.06. The molecule has 0 fully saturated rings. The van der Waals surface area contributed by atoms with Gasteiger partial charge in [0.05, 0.1) is 6.54 Å². The summed E-state index contributed by atoms with van der Waals surface area (Å²) in [7, 11) is 0. The summed E-state index contributed by atoms with van der Waals surface area (Å²) in [4.78, 5) is 22.7. The fourth-order valence-corrected chi connectivity index (χ4v) is 1.20. The molecule has 0 aliphatic heterocycles. The number of amides is 2. The van der Waals surface area contributed by atoms with E-state index < -0.39 is 17.6 Å². The van der Waals surface area contributed by atoms with Crippen LogP contribution in [0.4, 0.5) is 10.5 Å². The highest BCUT2D eigenvalue weighted by molar-refractivity contribution is 5.94. The first-order chi connectivity index (χ1) is 8.37. The maximum absolute atomic E-state index is 11.4. The Morgan fingerprint density at radius 3 is 2.33 bits per heavy atom. The molecule has 0 heterocycles. The van der Waals surface area contributed by atoms with Crippen LogP contribution in [0.3, 0.4) is 0 Å². The van der Waals surface area contributed by atoms with Crippen molar-refractivity contribution in [1.29, 1.82) is 0 Å². The largest absolute Gasteiger partial charge is 0.444 e. The molecule has 5 nitrogen and oxygen atoms in total. The Bertz CT molecular complexity index is 410. The van der Waals surface area contributed by atoms with Crippen molar-refractivity contribution < 1.29 is 14.3 Å². The van der Waals surface area contributed by atoms with Crippen LogP contribution in [0.25, 0.3) is 0 Å². The molecule has 0 spiro atoms. The van der Waals surface area contributed by atoms with Crippen LogP contribution in [0.5, 0.6) is 0 Å². The van der Waals surface area contributed by atoms with Crippen molar-refractivity contribution >= 4 is 17.7 Å². The zero-order valence-electron chi connectivity index (χ0n) is 10.8. The third-order valence-corrected chi connectivity index (χ3v) is 1.87. The van der Waals surface area contributed by atoms with E-state index in [4.69, 9.17) is 4.74 Å². The molecular weight excluding hydrogens is 232 g/mol. The van der Waals surface area contributed by atoms with Gasteiger partial charge in [0.25, 0.3) is 0 Å². The molecule has 0 bridgehead atoms. The molecular formula is C13H18N2O3. The summed E-state index contributed by atoms with van der Waals surface area (Å²) < 4.78 is 4.96. The molecule has 2 N–H and O–H groups in total. The second kappa shape index (κ2) is 6.05. The number of alkyl carbamates (subject to hydrolysis) is 1. The molecule has 0 aliphatic rings. The lowest BCUT2D eigenvalue weighted by Crippen LogP contribution is -2.39. The number of nitrogens with one attached hydrogen (secondary N) is 2. The van der Waals surface area contributed by atoms with Crippen molar-refractivity contribution in [3.8, 4) is 0 Å². The lowest BCUT2D eigenvalue weighted by molar-refractivity contribution is -0.119. The predicted molar refractivity (Wildman–Crippen MR) is 69.3 cm³/mol. The third-order valence-electron chi connectivity index (χ3n) is 1.87. The topological polar surface area (TPSA) is 67.4 Å². The SMILES string of the molecule is CC(C)(C)OC(=O)NC(=O)CNc1ccccc1. The van der Waals surface area contributed by atoms with Crippen molar-refractivity contribution in [3.63, 3.8) is 0 Å². The minimum Gasteiger partial charge on any atom is -0.444 e. The maximum Gasteiger partial charge on any atom is 0.414 e. The second-order valence-corrected chi connectivity index (χ2v) is 4.77.